The molecule has 2 aliphatic rings. The Morgan fingerprint density at radius 3 is 2.61 bits per heavy atom. The van der Waals surface area contributed by atoms with E-state index in [1.165, 1.54) is 19.4 Å². The molecule has 0 aliphatic carbocycles. The standard InChI is InChI=1S/C31H36N5O9P/c1-17(29(37)40-15-31(3,4)5)35-46(39,45-22-12-8-10-19-9-6-7-11-20(19)22)44-18(2)24-25-26(43-30(38)42-25)28(41-24)36-16-34-23-21(32)13-14-33-27(23)36/h6-14,16-18,24-26,28H,15H2,1-5H3,(H2,32,33)(H,35,39)/t17?,18?,24-,25?,26?,28-,46?/m1/s1. The van der Waals surface area contributed by atoms with E-state index < -0.39 is 56.6 Å². The van der Waals surface area contributed by atoms with Crippen molar-refractivity contribution in [2.75, 3.05) is 12.3 Å². The van der Waals surface area contributed by atoms with Gasteiger partial charge in [0.15, 0.2) is 24.1 Å². The van der Waals surface area contributed by atoms with Crippen molar-refractivity contribution in [2.45, 2.75) is 71.3 Å². The number of hydrogen-bond donors (Lipinski definition) is 2. The van der Waals surface area contributed by atoms with Crippen LogP contribution in [0.5, 0.6) is 5.75 Å². The van der Waals surface area contributed by atoms with Crippen LogP contribution in [0.3, 0.4) is 0 Å². The molecule has 15 heteroatoms. The highest BCUT2D eigenvalue weighted by Gasteiger charge is 2.58. The first-order chi connectivity index (χ1) is 21.8. The Bertz CT molecular complexity index is 1820. The summed E-state index contributed by atoms with van der Waals surface area (Å²) in [7, 11) is -4.37. The second kappa shape index (κ2) is 12.2. The number of pyridine rings is 1. The van der Waals surface area contributed by atoms with Gasteiger partial charge in [0.05, 0.1) is 24.7 Å². The average Bonchev–Trinajstić information content (AvgIpc) is 3.69. The lowest BCUT2D eigenvalue weighted by atomic mass is 9.99. The predicted octanol–water partition coefficient (Wildman–Crippen LogP) is 5.13. The fraction of sp³-hybridized carbons (Fsp3) is 0.419. The summed E-state index contributed by atoms with van der Waals surface area (Å²) in [5, 5.41) is 4.26. The number of rotatable bonds is 10. The summed E-state index contributed by atoms with van der Waals surface area (Å²) in [5.41, 5.74) is 7.07. The molecular weight excluding hydrogens is 617 g/mol. The van der Waals surface area contributed by atoms with Gasteiger partial charge in [-0.15, -0.1) is 0 Å². The molecule has 3 N–H and O–H groups in total. The molecule has 0 bridgehead atoms. The molecule has 2 aromatic heterocycles. The number of nitrogen functional groups attached to an aromatic ring is 1. The molecule has 244 valence electrons. The van der Waals surface area contributed by atoms with Crippen LogP contribution in [-0.4, -0.2) is 63.7 Å². The summed E-state index contributed by atoms with van der Waals surface area (Å²) in [6.45, 7) is 9.04. The number of aromatic nitrogens is 3. The molecule has 0 radical (unpaired) electrons. The highest BCUT2D eigenvalue weighted by molar-refractivity contribution is 7.52. The van der Waals surface area contributed by atoms with Gasteiger partial charge in [0, 0.05) is 11.6 Å². The van der Waals surface area contributed by atoms with E-state index in [1.54, 1.807) is 29.7 Å². The van der Waals surface area contributed by atoms with Crippen molar-refractivity contribution in [1.82, 2.24) is 19.6 Å². The fourth-order valence-corrected chi connectivity index (χ4v) is 7.09. The van der Waals surface area contributed by atoms with E-state index in [0.717, 1.165) is 5.39 Å². The third-order valence-corrected chi connectivity index (χ3v) is 9.30. The van der Waals surface area contributed by atoms with E-state index in [0.29, 0.717) is 22.2 Å². The maximum Gasteiger partial charge on any atom is 0.509 e. The van der Waals surface area contributed by atoms with E-state index in [2.05, 4.69) is 15.1 Å². The number of nitrogens with two attached hydrogens (primary N) is 1. The summed E-state index contributed by atoms with van der Waals surface area (Å²) >= 11 is 0. The quantitative estimate of drug-likeness (QED) is 0.170. The number of esters is 1. The number of carbonyl (C=O) groups is 2. The number of nitrogens with one attached hydrogen (secondary N) is 1. The summed E-state index contributed by atoms with van der Waals surface area (Å²) in [5.74, 6) is -0.370. The third-order valence-electron chi connectivity index (χ3n) is 7.54. The minimum atomic E-state index is -4.37. The van der Waals surface area contributed by atoms with Gasteiger partial charge in [-0.3, -0.25) is 13.9 Å². The minimum absolute atomic E-state index is 0.152. The molecule has 6 rings (SSSR count). The van der Waals surface area contributed by atoms with Crippen LogP contribution in [0.1, 0.15) is 40.8 Å². The van der Waals surface area contributed by atoms with Crippen LogP contribution >= 0.6 is 7.75 Å². The first-order valence-electron chi connectivity index (χ1n) is 14.8. The zero-order chi connectivity index (χ0) is 32.8. The monoisotopic (exact) mass is 653 g/mol. The van der Waals surface area contributed by atoms with Crippen molar-refractivity contribution in [3.63, 3.8) is 0 Å². The van der Waals surface area contributed by atoms with Crippen LogP contribution in [0.15, 0.2) is 61.1 Å². The molecule has 2 aromatic carbocycles. The predicted molar refractivity (Wildman–Crippen MR) is 167 cm³/mol. The van der Waals surface area contributed by atoms with Crippen molar-refractivity contribution in [3.8, 4) is 5.75 Å². The van der Waals surface area contributed by atoms with E-state index in [9.17, 15) is 14.2 Å². The Morgan fingerprint density at radius 2 is 1.83 bits per heavy atom. The molecule has 0 saturated carbocycles. The number of benzene rings is 2. The van der Waals surface area contributed by atoms with Crippen molar-refractivity contribution < 1.29 is 42.1 Å². The van der Waals surface area contributed by atoms with Crippen molar-refractivity contribution in [3.05, 3.63) is 61.1 Å². The topological polar surface area (TPSA) is 175 Å². The number of hydrogen-bond acceptors (Lipinski definition) is 12. The Kier molecular flexibility index (Phi) is 8.40. The average molecular weight is 654 g/mol. The second-order valence-electron chi connectivity index (χ2n) is 12.5. The van der Waals surface area contributed by atoms with E-state index in [1.807, 2.05) is 51.1 Å². The summed E-state index contributed by atoms with van der Waals surface area (Å²) < 4.78 is 51.2. The van der Waals surface area contributed by atoms with Crippen LogP contribution in [0.25, 0.3) is 21.9 Å². The van der Waals surface area contributed by atoms with Crippen molar-refractivity contribution in [2.24, 2.45) is 5.41 Å². The minimum Gasteiger partial charge on any atom is -0.464 e. The first kappa shape index (κ1) is 31.7. The summed E-state index contributed by atoms with van der Waals surface area (Å²) in [6.07, 6.45) is -2.63. The highest BCUT2D eigenvalue weighted by Crippen LogP contribution is 2.50. The molecular formula is C31H36N5O9P. The largest absolute Gasteiger partial charge is 0.509 e. The lowest BCUT2D eigenvalue weighted by Gasteiger charge is -2.29. The van der Waals surface area contributed by atoms with Crippen LogP contribution in [0, 0.1) is 5.41 Å². The molecule has 5 unspecified atom stereocenters. The Balaban J connectivity index is 1.29. The smallest absolute Gasteiger partial charge is 0.464 e. The molecule has 14 nitrogen and oxygen atoms in total. The molecule has 2 saturated heterocycles. The lowest BCUT2D eigenvalue weighted by molar-refractivity contribution is -0.148. The van der Waals surface area contributed by atoms with Crippen molar-refractivity contribution in [1.29, 1.82) is 0 Å². The zero-order valence-corrected chi connectivity index (χ0v) is 26.9. The summed E-state index contributed by atoms with van der Waals surface area (Å²) in [6, 6.07) is 13.2. The molecule has 46 heavy (non-hydrogen) atoms. The molecule has 4 aromatic rings. The van der Waals surface area contributed by atoms with Crippen LogP contribution in [0.4, 0.5) is 10.5 Å². The zero-order valence-electron chi connectivity index (χ0n) is 26.0. The number of anilines is 1. The molecule has 2 fully saturated rings. The number of fused-ring (bicyclic) bond motifs is 3. The van der Waals surface area contributed by atoms with E-state index in [4.69, 9.17) is 33.7 Å². The van der Waals surface area contributed by atoms with Crippen LogP contribution in [-0.2, 0) is 32.8 Å². The third kappa shape index (κ3) is 6.38. The van der Waals surface area contributed by atoms with Gasteiger partial charge in [-0.25, -0.2) is 19.3 Å². The Hall–Kier alpha value is -4.23. The van der Waals surface area contributed by atoms with Gasteiger partial charge in [0.25, 0.3) is 0 Å². The van der Waals surface area contributed by atoms with Crippen LogP contribution in [0.2, 0.25) is 0 Å². The molecule has 4 heterocycles. The lowest BCUT2D eigenvalue weighted by Crippen LogP contribution is -2.41. The molecule has 0 amide bonds. The normalized spacial score (nSPS) is 23.7. The number of imidazole rings is 1. The Morgan fingerprint density at radius 1 is 1.09 bits per heavy atom. The number of carbonyl (C=O) groups excluding carboxylic acids is 2. The van der Waals surface area contributed by atoms with Gasteiger partial charge in [-0.1, -0.05) is 57.2 Å². The Labute approximate surface area is 265 Å². The van der Waals surface area contributed by atoms with Gasteiger partial charge < -0.3 is 29.2 Å². The number of ether oxygens (including phenoxy) is 4. The second-order valence-corrected chi connectivity index (χ2v) is 14.2. The van der Waals surface area contributed by atoms with Gasteiger partial charge in [-0.05, 0) is 36.8 Å². The van der Waals surface area contributed by atoms with Gasteiger partial charge in [0.2, 0.25) is 0 Å². The van der Waals surface area contributed by atoms with Crippen LogP contribution < -0.4 is 15.3 Å². The van der Waals surface area contributed by atoms with E-state index in [-0.39, 0.29) is 17.8 Å². The van der Waals surface area contributed by atoms with Gasteiger partial charge in [-0.2, -0.15) is 5.09 Å². The van der Waals surface area contributed by atoms with Crippen molar-refractivity contribution >= 4 is 47.5 Å². The van der Waals surface area contributed by atoms with Gasteiger partial charge in [0.1, 0.15) is 23.4 Å². The molecule has 2 aliphatic heterocycles. The highest BCUT2D eigenvalue weighted by atomic mass is 31.2. The number of nitrogens with zero attached hydrogens (tertiary/aromatic N) is 3. The van der Waals surface area contributed by atoms with E-state index >= 15 is 0 Å². The van der Waals surface area contributed by atoms with Gasteiger partial charge >= 0.3 is 19.9 Å². The maximum absolute atomic E-state index is 14.6. The first-order valence-corrected chi connectivity index (χ1v) is 16.4. The summed E-state index contributed by atoms with van der Waals surface area (Å²) in [4.78, 5) is 34.0. The maximum atomic E-state index is 14.6. The molecule has 0 spiro atoms. The SMILES string of the molecule is CC(NP(=O)(Oc1cccc2ccccc12)OC(C)[C@H]1O[C@@H](n2cnc3c(N)ccnc32)C2OC(=O)OC21)C(=O)OCC(C)(C)C. The fourth-order valence-electron chi connectivity index (χ4n) is 5.38. The molecule has 7 atom stereocenters.